The van der Waals surface area contributed by atoms with Crippen molar-refractivity contribution in [3.8, 4) is 0 Å². The summed E-state index contributed by atoms with van der Waals surface area (Å²) in [5, 5.41) is 13.2. The van der Waals surface area contributed by atoms with Gasteiger partial charge in [0.05, 0.1) is 25.5 Å². The number of nitrogens with one attached hydrogen (secondary N) is 4. The molecule has 0 bridgehead atoms. The van der Waals surface area contributed by atoms with E-state index < -0.39 is 0 Å². The number of hydrogen-bond donors (Lipinski definition) is 4. The lowest BCUT2D eigenvalue weighted by atomic mass is 9.89. The SMILES string of the molecule is O=C(CNC(=O)C1CCCCC1)N/N=C/c1ccc(/C=N/NC(=O)CNC(=O)C2CCCCC2)cc1. The second kappa shape index (κ2) is 14.8. The number of carbonyl (C=O) groups is 4. The molecule has 0 saturated heterocycles. The van der Waals surface area contributed by atoms with Crippen LogP contribution < -0.4 is 21.5 Å². The van der Waals surface area contributed by atoms with Gasteiger partial charge in [-0.15, -0.1) is 0 Å². The third kappa shape index (κ3) is 9.59. The molecule has 2 fully saturated rings. The van der Waals surface area contributed by atoms with Crippen LogP contribution in [0.1, 0.15) is 75.3 Å². The molecule has 4 amide bonds. The maximum atomic E-state index is 12.1. The molecule has 36 heavy (non-hydrogen) atoms. The minimum absolute atomic E-state index is 0.0116. The van der Waals surface area contributed by atoms with Crippen LogP contribution in [0, 0.1) is 11.8 Å². The summed E-state index contributed by atoms with van der Waals surface area (Å²) in [4.78, 5) is 48.0. The minimum Gasteiger partial charge on any atom is -0.347 e. The van der Waals surface area contributed by atoms with Crippen molar-refractivity contribution in [2.75, 3.05) is 13.1 Å². The first-order chi connectivity index (χ1) is 17.5. The van der Waals surface area contributed by atoms with E-state index in [2.05, 4.69) is 31.7 Å². The Bertz CT molecular complexity index is 871. The summed E-state index contributed by atoms with van der Waals surface area (Å²) >= 11 is 0. The summed E-state index contributed by atoms with van der Waals surface area (Å²) in [7, 11) is 0. The van der Waals surface area contributed by atoms with E-state index in [1.165, 1.54) is 25.3 Å². The molecule has 0 unspecified atom stereocenters. The molecule has 3 rings (SSSR count). The molecule has 10 heteroatoms. The van der Waals surface area contributed by atoms with Crippen molar-refractivity contribution in [3.05, 3.63) is 35.4 Å². The molecule has 2 saturated carbocycles. The van der Waals surface area contributed by atoms with E-state index >= 15 is 0 Å². The lowest BCUT2D eigenvalue weighted by molar-refractivity contribution is -0.129. The van der Waals surface area contributed by atoms with Gasteiger partial charge in [-0.25, -0.2) is 10.9 Å². The van der Waals surface area contributed by atoms with Crippen molar-refractivity contribution in [1.82, 2.24) is 21.5 Å². The molecule has 10 nitrogen and oxygen atoms in total. The standard InChI is InChI=1S/C26H36N6O4/c33-23(17-27-25(35)21-7-3-1-4-8-21)31-29-15-19-11-13-20(14-12-19)16-30-32-24(34)18-28-26(36)22-9-5-2-6-10-22/h11-16,21-22H,1-10,17-18H2,(H,27,35)(H,28,36)(H,31,33)(H,32,34)/b29-15+,30-16+. The fourth-order valence-corrected chi connectivity index (χ4v) is 4.46. The fraction of sp³-hybridized carbons (Fsp3) is 0.538. The van der Waals surface area contributed by atoms with Gasteiger partial charge in [0, 0.05) is 11.8 Å². The van der Waals surface area contributed by atoms with E-state index in [9.17, 15) is 19.2 Å². The summed E-state index contributed by atoms with van der Waals surface area (Å²) in [5.41, 5.74) is 6.32. The second-order valence-electron chi connectivity index (χ2n) is 9.36. The van der Waals surface area contributed by atoms with Crippen molar-refractivity contribution < 1.29 is 19.2 Å². The quantitative estimate of drug-likeness (QED) is 0.290. The first-order valence-electron chi connectivity index (χ1n) is 12.8. The van der Waals surface area contributed by atoms with Gasteiger partial charge in [0.1, 0.15) is 0 Å². The molecule has 2 aliphatic carbocycles. The molecule has 0 radical (unpaired) electrons. The number of amides is 4. The minimum atomic E-state index is -0.384. The van der Waals surface area contributed by atoms with E-state index in [-0.39, 0.29) is 48.6 Å². The van der Waals surface area contributed by atoms with Gasteiger partial charge in [-0.3, -0.25) is 19.2 Å². The Labute approximate surface area is 211 Å². The van der Waals surface area contributed by atoms with E-state index in [0.717, 1.165) is 62.5 Å². The van der Waals surface area contributed by atoms with E-state index in [1.807, 2.05) is 0 Å². The number of carbonyl (C=O) groups excluding carboxylic acids is 4. The van der Waals surface area contributed by atoms with Crippen LogP contribution in [-0.4, -0.2) is 49.1 Å². The van der Waals surface area contributed by atoms with Crippen LogP contribution in [0.3, 0.4) is 0 Å². The topological polar surface area (TPSA) is 141 Å². The molecule has 194 valence electrons. The monoisotopic (exact) mass is 496 g/mol. The Balaban J connectivity index is 1.31. The van der Waals surface area contributed by atoms with Gasteiger partial charge in [0.15, 0.2) is 0 Å². The number of benzene rings is 1. The second-order valence-corrected chi connectivity index (χ2v) is 9.36. The van der Waals surface area contributed by atoms with Crippen LogP contribution >= 0.6 is 0 Å². The van der Waals surface area contributed by atoms with Gasteiger partial charge in [0.25, 0.3) is 11.8 Å². The molecule has 2 aliphatic rings. The van der Waals surface area contributed by atoms with Crippen LogP contribution in [-0.2, 0) is 19.2 Å². The van der Waals surface area contributed by atoms with Gasteiger partial charge in [-0.2, -0.15) is 10.2 Å². The molecule has 0 aromatic heterocycles. The van der Waals surface area contributed by atoms with Crippen LogP contribution in [0.5, 0.6) is 0 Å². The zero-order valence-corrected chi connectivity index (χ0v) is 20.6. The van der Waals surface area contributed by atoms with Crippen molar-refractivity contribution in [1.29, 1.82) is 0 Å². The molecule has 0 heterocycles. The highest BCUT2D eigenvalue weighted by Crippen LogP contribution is 2.24. The van der Waals surface area contributed by atoms with Crippen LogP contribution in [0.2, 0.25) is 0 Å². The zero-order valence-electron chi connectivity index (χ0n) is 20.6. The third-order valence-corrected chi connectivity index (χ3v) is 6.54. The maximum absolute atomic E-state index is 12.1. The van der Waals surface area contributed by atoms with Gasteiger partial charge in [-0.1, -0.05) is 62.8 Å². The van der Waals surface area contributed by atoms with Gasteiger partial charge in [-0.05, 0) is 36.8 Å². The average molecular weight is 497 g/mol. The predicted molar refractivity (Wildman–Crippen MR) is 137 cm³/mol. The summed E-state index contributed by atoms with van der Waals surface area (Å²) in [5.74, 6) is -0.873. The normalized spacial score (nSPS) is 17.1. The molecular formula is C26H36N6O4. The largest absolute Gasteiger partial charge is 0.347 e. The molecular weight excluding hydrogens is 460 g/mol. The molecule has 0 aliphatic heterocycles. The van der Waals surface area contributed by atoms with Gasteiger partial charge < -0.3 is 10.6 Å². The number of nitrogens with zero attached hydrogens (tertiary/aromatic N) is 2. The van der Waals surface area contributed by atoms with Crippen molar-refractivity contribution in [2.45, 2.75) is 64.2 Å². The number of rotatable bonds is 10. The summed E-state index contributed by atoms with van der Waals surface area (Å²) in [6.07, 6.45) is 13.1. The van der Waals surface area contributed by atoms with Crippen LogP contribution in [0.15, 0.2) is 34.5 Å². The highest BCUT2D eigenvalue weighted by atomic mass is 16.2. The molecule has 1 aromatic carbocycles. The van der Waals surface area contributed by atoms with Gasteiger partial charge >= 0.3 is 0 Å². The average Bonchev–Trinajstić information content (AvgIpc) is 2.92. The smallest absolute Gasteiger partial charge is 0.259 e. The fourth-order valence-electron chi connectivity index (χ4n) is 4.46. The Hall–Kier alpha value is -3.56. The first kappa shape index (κ1) is 27.0. The van der Waals surface area contributed by atoms with E-state index in [4.69, 9.17) is 0 Å². The highest BCUT2D eigenvalue weighted by Gasteiger charge is 2.22. The summed E-state index contributed by atoms with van der Waals surface area (Å²) in [6.45, 7) is -0.198. The number of hydrogen-bond acceptors (Lipinski definition) is 6. The zero-order chi connectivity index (χ0) is 25.6. The molecule has 4 N–H and O–H groups in total. The molecule has 0 atom stereocenters. The summed E-state index contributed by atoms with van der Waals surface area (Å²) in [6, 6.07) is 7.14. The lowest BCUT2D eigenvalue weighted by Crippen LogP contribution is -2.38. The Morgan fingerprint density at radius 2 is 1.00 bits per heavy atom. The van der Waals surface area contributed by atoms with Crippen LogP contribution in [0.4, 0.5) is 0 Å². The molecule has 0 spiro atoms. The van der Waals surface area contributed by atoms with Crippen molar-refractivity contribution in [2.24, 2.45) is 22.0 Å². The van der Waals surface area contributed by atoms with E-state index in [0.29, 0.717) is 0 Å². The molecule has 1 aromatic rings. The van der Waals surface area contributed by atoms with Crippen molar-refractivity contribution in [3.63, 3.8) is 0 Å². The Kier molecular flexibility index (Phi) is 11.1. The lowest BCUT2D eigenvalue weighted by Gasteiger charge is -2.20. The maximum Gasteiger partial charge on any atom is 0.259 e. The van der Waals surface area contributed by atoms with Gasteiger partial charge in [0.2, 0.25) is 11.8 Å². The highest BCUT2D eigenvalue weighted by molar-refractivity contribution is 5.89. The van der Waals surface area contributed by atoms with E-state index in [1.54, 1.807) is 24.3 Å². The Morgan fingerprint density at radius 1 is 0.639 bits per heavy atom. The van der Waals surface area contributed by atoms with Crippen molar-refractivity contribution >= 4 is 36.1 Å². The summed E-state index contributed by atoms with van der Waals surface area (Å²) < 4.78 is 0. The Morgan fingerprint density at radius 3 is 1.36 bits per heavy atom. The number of hydrazone groups is 2. The first-order valence-corrected chi connectivity index (χ1v) is 12.8. The predicted octanol–water partition coefficient (Wildman–Crippen LogP) is 1.98. The third-order valence-electron chi connectivity index (χ3n) is 6.54. The van der Waals surface area contributed by atoms with Crippen LogP contribution in [0.25, 0.3) is 0 Å².